The largest absolute Gasteiger partial charge is 0.495 e. The van der Waals surface area contributed by atoms with Crippen LogP contribution in [0.4, 0.5) is 31.4 Å². The number of methoxy groups -OCH3 is 1. The van der Waals surface area contributed by atoms with Crippen LogP contribution in [-0.4, -0.2) is 44.0 Å². The first-order valence-electron chi connectivity index (χ1n) is 10.4. The molecule has 0 unspecified atom stereocenters. The summed E-state index contributed by atoms with van der Waals surface area (Å²) in [6.45, 7) is 3.31. The van der Waals surface area contributed by atoms with Crippen molar-refractivity contribution in [3.8, 4) is 11.5 Å². The number of likely N-dealkylation sites (N-methyl/N-ethyl adjacent to an activating group) is 1. The molecule has 4 rings (SSSR count). The molecule has 13 heteroatoms. The van der Waals surface area contributed by atoms with Crippen molar-refractivity contribution < 1.29 is 25.6 Å². The summed E-state index contributed by atoms with van der Waals surface area (Å²) in [4.78, 5) is 10.8. The van der Waals surface area contributed by atoms with Crippen LogP contribution < -0.4 is 19.6 Å². The number of rotatable bonds is 7. The van der Waals surface area contributed by atoms with Crippen LogP contribution in [0.5, 0.6) is 11.5 Å². The highest BCUT2D eigenvalue weighted by molar-refractivity contribution is 7.81. The van der Waals surface area contributed by atoms with E-state index >= 15 is 0 Å². The smallest absolute Gasteiger partial charge is 0.488 e. The van der Waals surface area contributed by atoms with Crippen LogP contribution in [0.2, 0.25) is 5.02 Å². The van der Waals surface area contributed by atoms with E-state index in [0.717, 1.165) is 37.2 Å². The number of fused-ring (bicyclic) bond motifs is 1. The Labute approximate surface area is 206 Å². The van der Waals surface area contributed by atoms with Crippen molar-refractivity contribution >= 4 is 45.2 Å². The van der Waals surface area contributed by atoms with E-state index in [2.05, 4.69) is 36.7 Å². The van der Waals surface area contributed by atoms with Gasteiger partial charge in [-0.3, -0.25) is 0 Å². The molecule has 0 bridgehead atoms. The van der Waals surface area contributed by atoms with Crippen LogP contribution in [0, 0.1) is 12.7 Å². The van der Waals surface area contributed by atoms with Crippen LogP contribution in [0.25, 0.3) is 0 Å². The van der Waals surface area contributed by atoms with Gasteiger partial charge in [0.05, 0.1) is 19.0 Å². The van der Waals surface area contributed by atoms with Crippen molar-refractivity contribution in [1.29, 1.82) is 0 Å². The fraction of sp³-hybridized carbons (Fsp3) is 0.273. The lowest BCUT2D eigenvalue weighted by Crippen LogP contribution is -2.26. The Balaban J connectivity index is 1.61. The number of ether oxygens (including phenoxy) is 1. The Morgan fingerprint density at radius 2 is 1.89 bits per heavy atom. The van der Waals surface area contributed by atoms with E-state index in [-0.39, 0.29) is 22.5 Å². The van der Waals surface area contributed by atoms with Crippen LogP contribution in [0.3, 0.4) is 0 Å². The van der Waals surface area contributed by atoms with Crippen molar-refractivity contribution in [1.82, 2.24) is 14.9 Å². The van der Waals surface area contributed by atoms with Crippen molar-refractivity contribution in [2.45, 2.75) is 19.9 Å². The number of nitrogens with zero attached hydrogens (tertiary/aromatic N) is 3. The van der Waals surface area contributed by atoms with E-state index in [4.69, 9.17) is 16.3 Å². The van der Waals surface area contributed by atoms with Crippen LogP contribution >= 0.6 is 11.6 Å². The maximum atomic E-state index is 14.3. The van der Waals surface area contributed by atoms with E-state index in [9.17, 15) is 16.7 Å². The Morgan fingerprint density at radius 1 is 1.11 bits per heavy atom. The topological polar surface area (TPSA) is 106 Å². The summed E-state index contributed by atoms with van der Waals surface area (Å²) in [5.74, 6) is -0.850. The lowest BCUT2D eigenvalue weighted by molar-refractivity contribution is 0.312. The first kappa shape index (κ1) is 24.9. The van der Waals surface area contributed by atoms with Crippen molar-refractivity contribution in [2.75, 3.05) is 31.3 Å². The first-order valence-corrected chi connectivity index (χ1v) is 12.1. The first-order chi connectivity index (χ1) is 16.5. The predicted molar refractivity (Wildman–Crippen MR) is 128 cm³/mol. The van der Waals surface area contributed by atoms with Gasteiger partial charge in [0.1, 0.15) is 10.8 Å². The fourth-order valence-electron chi connectivity index (χ4n) is 3.72. The monoisotopic (exact) mass is 525 g/mol. The molecule has 2 heterocycles. The highest BCUT2D eigenvalue weighted by atomic mass is 35.5. The van der Waals surface area contributed by atoms with E-state index in [1.807, 2.05) is 12.1 Å². The molecule has 0 spiro atoms. The molecule has 2 N–H and O–H groups in total. The quantitative estimate of drug-likeness (QED) is 0.426. The van der Waals surface area contributed by atoms with Gasteiger partial charge in [-0.15, -0.1) is 0 Å². The van der Waals surface area contributed by atoms with Crippen LogP contribution in [-0.2, 0) is 23.5 Å². The van der Waals surface area contributed by atoms with Crippen molar-refractivity contribution in [2.24, 2.45) is 0 Å². The summed E-state index contributed by atoms with van der Waals surface area (Å²) < 4.78 is 58.0. The lowest BCUT2D eigenvalue weighted by Gasteiger charge is -2.26. The standard InChI is InChI=1S/C22H22ClF2N5O4S/c1-12-6-19(34-35(25,31)32)16(24)9-17(12)27-21-15(23)10-26-22(29-21)28-18-7-14-11-30(2)5-4-13(14)8-20(18)33-3/h6-10H,4-5,11H2,1-3H3,(H2,26,27,28,29). The number of benzene rings is 2. The van der Waals surface area contributed by atoms with Gasteiger partial charge in [0.2, 0.25) is 5.95 Å². The molecule has 2 aromatic carbocycles. The molecule has 35 heavy (non-hydrogen) atoms. The zero-order valence-electron chi connectivity index (χ0n) is 19.0. The SMILES string of the molecule is COc1cc2c(cc1Nc1ncc(Cl)c(Nc3cc(F)c(OS(=O)(=O)F)cc3C)n1)CN(C)CC2. The highest BCUT2D eigenvalue weighted by Crippen LogP contribution is 2.34. The summed E-state index contributed by atoms with van der Waals surface area (Å²) >= 11 is 6.24. The minimum absolute atomic E-state index is 0.154. The summed E-state index contributed by atoms with van der Waals surface area (Å²) in [6.07, 6.45) is 2.29. The normalized spacial score (nSPS) is 13.8. The maximum absolute atomic E-state index is 14.3. The van der Waals surface area contributed by atoms with E-state index in [1.165, 1.54) is 11.8 Å². The number of anilines is 4. The summed E-state index contributed by atoms with van der Waals surface area (Å²) in [5, 5.41) is 6.17. The average molecular weight is 526 g/mol. The average Bonchev–Trinajstić information content (AvgIpc) is 2.78. The van der Waals surface area contributed by atoms with Crippen molar-refractivity contribution in [3.05, 3.63) is 58.0 Å². The molecule has 3 aromatic rings. The molecule has 0 saturated heterocycles. The molecule has 9 nitrogen and oxygen atoms in total. The Hall–Kier alpha value is -3.22. The van der Waals surface area contributed by atoms with Gasteiger partial charge in [-0.25, -0.2) is 9.37 Å². The third-order valence-electron chi connectivity index (χ3n) is 5.44. The molecule has 186 valence electrons. The summed E-state index contributed by atoms with van der Waals surface area (Å²) in [5.41, 5.74) is 3.63. The molecule has 1 aromatic heterocycles. The molecule has 0 amide bonds. The van der Waals surface area contributed by atoms with Gasteiger partial charge in [0.25, 0.3) is 0 Å². The molecule has 1 aliphatic heterocycles. The van der Waals surface area contributed by atoms with Gasteiger partial charge in [-0.2, -0.15) is 13.4 Å². The number of hydrogen-bond acceptors (Lipinski definition) is 9. The molecule has 0 saturated carbocycles. The van der Waals surface area contributed by atoms with Gasteiger partial charge in [0.15, 0.2) is 17.4 Å². The minimum atomic E-state index is -5.37. The van der Waals surface area contributed by atoms with Crippen LogP contribution in [0.15, 0.2) is 30.5 Å². The number of hydrogen-bond donors (Lipinski definition) is 2. The fourth-order valence-corrected chi connectivity index (χ4v) is 4.20. The lowest BCUT2D eigenvalue weighted by atomic mass is 9.99. The number of aryl methyl sites for hydroxylation is 1. The molecule has 1 aliphatic rings. The van der Waals surface area contributed by atoms with E-state index in [1.54, 1.807) is 14.0 Å². The van der Waals surface area contributed by atoms with Crippen LogP contribution in [0.1, 0.15) is 16.7 Å². The van der Waals surface area contributed by atoms with E-state index in [0.29, 0.717) is 17.0 Å². The molecular weight excluding hydrogens is 504 g/mol. The number of aromatic nitrogens is 2. The molecule has 0 fully saturated rings. The number of halogens is 3. The van der Waals surface area contributed by atoms with Gasteiger partial charge in [-0.1, -0.05) is 15.5 Å². The Morgan fingerprint density at radius 3 is 2.60 bits per heavy atom. The Kier molecular flexibility index (Phi) is 6.97. The molecule has 0 atom stereocenters. The van der Waals surface area contributed by atoms with Gasteiger partial charge in [0, 0.05) is 24.8 Å². The zero-order chi connectivity index (χ0) is 25.3. The van der Waals surface area contributed by atoms with Gasteiger partial charge in [-0.05, 0) is 55.3 Å². The molecule has 0 aliphatic carbocycles. The third-order valence-corrected chi connectivity index (χ3v) is 6.09. The highest BCUT2D eigenvalue weighted by Gasteiger charge is 2.19. The second-order valence-electron chi connectivity index (χ2n) is 8.02. The second-order valence-corrected chi connectivity index (χ2v) is 9.38. The molecule has 0 radical (unpaired) electrons. The van der Waals surface area contributed by atoms with Crippen molar-refractivity contribution in [3.63, 3.8) is 0 Å². The van der Waals surface area contributed by atoms with Gasteiger partial charge < -0.3 is 24.5 Å². The number of nitrogens with one attached hydrogen (secondary N) is 2. The summed E-state index contributed by atoms with van der Waals surface area (Å²) in [6, 6.07) is 5.97. The maximum Gasteiger partial charge on any atom is 0.488 e. The second kappa shape index (κ2) is 9.80. The summed E-state index contributed by atoms with van der Waals surface area (Å²) in [7, 11) is -1.73. The minimum Gasteiger partial charge on any atom is -0.495 e. The Bertz CT molecular complexity index is 1390. The predicted octanol–water partition coefficient (Wildman–Crippen LogP) is 4.65. The zero-order valence-corrected chi connectivity index (χ0v) is 20.6. The molecular formula is C22H22ClF2N5O4S. The third kappa shape index (κ3) is 5.89. The van der Waals surface area contributed by atoms with Gasteiger partial charge >= 0.3 is 10.5 Å². The van der Waals surface area contributed by atoms with E-state index < -0.39 is 22.1 Å².